The van der Waals surface area contributed by atoms with Gasteiger partial charge in [-0.3, -0.25) is 4.79 Å². The van der Waals surface area contributed by atoms with Crippen LogP contribution >= 0.6 is 0 Å². The minimum absolute atomic E-state index is 0.0805. The van der Waals surface area contributed by atoms with Crippen LogP contribution in [-0.4, -0.2) is 23.2 Å². The van der Waals surface area contributed by atoms with E-state index in [-0.39, 0.29) is 12.1 Å². The fraction of sp³-hybridized carbons (Fsp3) is 0.278. The van der Waals surface area contributed by atoms with Crippen molar-refractivity contribution in [3.05, 3.63) is 70.8 Å². The average molecular weight is 296 g/mol. The van der Waals surface area contributed by atoms with Crippen molar-refractivity contribution in [2.24, 2.45) is 5.73 Å². The zero-order valence-corrected chi connectivity index (χ0v) is 12.4. The molecule has 2 aromatic carbocycles. The Hall–Kier alpha value is -2.17. The van der Waals surface area contributed by atoms with Gasteiger partial charge in [0.1, 0.15) is 0 Å². The van der Waals surface area contributed by atoms with Gasteiger partial charge in [-0.05, 0) is 41.7 Å². The lowest BCUT2D eigenvalue weighted by Gasteiger charge is -2.28. The molecule has 114 valence electrons. The molecule has 0 unspecified atom stereocenters. The quantitative estimate of drug-likeness (QED) is 0.781. The van der Waals surface area contributed by atoms with E-state index in [0.717, 1.165) is 18.4 Å². The third-order valence-corrected chi connectivity index (χ3v) is 4.36. The molecule has 3 rings (SSSR count). The first-order valence-electron chi connectivity index (χ1n) is 7.43. The molecule has 0 spiro atoms. The van der Waals surface area contributed by atoms with Crippen LogP contribution in [0.2, 0.25) is 0 Å². The Balaban J connectivity index is 1.73. The van der Waals surface area contributed by atoms with Gasteiger partial charge in [-0.25, -0.2) is 0 Å². The van der Waals surface area contributed by atoms with E-state index < -0.39 is 5.91 Å². The highest BCUT2D eigenvalue weighted by atomic mass is 16.3. The zero-order chi connectivity index (χ0) is 15.6. The summed E-state index contributed by atoms with van der Waals surface area (Å²) in [5.41, 5.74) is 9.05. The van der Waals surface area contributed by atoms with E-state index in [1.54, 1.807) is 12.1 Å². The van der Waals surface area contributed by atoms with Crippen LogP contribution in [0.5, 0.6) is 0 Å². The molecule has 0 heterocycles. The van der Waals surface area contributed by atoms with Gasteiger partial charge in [-0.1, -0.05) is 36.4 Å². The van der Waals surface area contributed by atoms with Gasteiger partial charge in [0.25, 0.3) is 0 Å². The molecule has 1 aliphatic carbocycles. The van der Waals surface area contributed by atoms with Crippen molar-refractivity contribution in [2.75, 3.05) is 6.61 Å². The van der Waals surface area contributed by atoms with E-state index in [0.29, 0.717) is 12.1 Å². The van der Waals surface area contributed by atoms with Crippen molar-refractivity contribution in [3.8, 4) is 0 Å². The van der Waals surface area contributed by atoms with Crippen molar-refractivity contribution in [1.82, 2.24) is 5.32 Å². The lowest BCUT2D eigenvalue weighted by molar-refractivity contribution is 0.1000. The fourth-order valence-corrected chi connectivity index (χ4v) is 3.11. The number of carbonyl (C=O) groups is 1. The normalized spacial score (nSPS) is 15.5. The maximum atomic E-state index is 11.2. The summed E-state index contributed by atoms with van der Waals surface area (Å²) in [7, 11) is 0. The molecule has 1 amide bonds. The molecule has 4 N–H and O–H groups in total. The number of aliphatic hydroxyl groups is 1. The molecule has 2 aromatic rings. The molecule has 4 heteroatoms. The predicted molar refractivity (Wildman–Crippen MR) is 85.5 cm³/mol. The molecule has 0 aromatic heterocycles. The fourth-order valence-electron chi connectivity index (χ4n) is 3.11. The summed E-state index contributed by atoms with van der Waals surface area (Å²) in [5, 5.41) is 13.3. The second-order valence-electron chi connectivity index (χ2n) is 5.98. The summed E-state index contributed by atoms with van der Waals surface area (Å²) in [5.74, 6) is -0.424. The molecule has 0 bridgehead atoms. The van der Waals surface area contributed by atoms with Gasteiger partial charge in [0, 0.05) is 17.6 Å². The smallest absolute Gasteiger partial charge is 0.248 e. The highest BCUT2D eigenvalue weighted by Gasteiger charge is 2.35. The van der Waals surface area contributed by atoms with Crippen LogP contribution < -0.4 is 11.1 Å². The molecule has 0 saturated carbocycles. The first kappa shape index (κ1) is 14.8. The SMILES string of the molecule is NC(=O)c1cccc(CNC2(CO)Cc3ccccc3C2)c1. The number of aliphatic hydroxyl groups excluding tert-OH is 1. The summed E-state index contributed by atoms with van der Waals surface area (Å²) in [6, 6.07) is 15.6. The van der Waals surface area contributed by atoms with E-state index in [1.165, 1.54) is 11.1 Å². The summed E-state index contributed by atoms with van der Waals surface area (Å²) in [6.45, 7) is 0.673. The van der Waals surface area contributed by atoms with Crippen LogP contribution in [-0.2, 0) is 19.4 Å². The maximum absolute atomic E-state index is 11.2. The van der Waals surface area contributed by atoms with Crippen molar-refractivity contribution < 1.29 is 9.90 Å². The molecular formula is C18H20N2O2. The summed E-state index contributed by atoms with van der Waals surface area (Å²) < 4.78 is 0. The minimum atomic E-state index is -0.424. The Kier molecular flexibility index (Phi) is 3.96. The van der Waals surface area contributed by atoms with Crippen molar-refractivity contribution >= 4 is 5.91 Å². The molecule has 0 atom stereocenters. The topological polar surface area (TPSA) is 75.4 Å². The van der Waals surface area contributed by atoms with E-state index in [1.807, 2.05) is 24.3 Å². The number of nitrogens with one attached hydrogen (secondary N) is 1. The number of carbonyl (C=O) groups excluding carboxylic acids is 1. The standard InChI is InChI=1S/C18H20N2O2/c19-17(22)14-7-3-4-13(8-14)11-20-18(12-21)9-15-5-1-2-6-16(15)10-18/h1-8,20-21H,9-12H2,(H2,19,22). The van der Waals surface area contributed by atoms with E-state index in [4.69, 9.17) is 5.73 Å². The molecule has 0 radical (unpaired) electrons. The summed E-state index contributed by atoms with van der Waals surface area (Å²) >= 11 is 0. The van der Waals surface area contributed by atoms with E-state index in [9.17, 15) is 9.90 Å². The van der Waals surface area contributed by atoms with Gasteiger partial charge >= 0.3 is 0 Å². The average Bonchev–Trinajstić information content (AvgIpc) is 2.92. The Morgan fingerprint density at radius 1 is 1.14 bits per heavy atom. The van der Waals surface area contributed by atoms with Crippen molar-refractivity contribution in [3.63, 3.8) is 0 Å². The first-order chi connectivity index (χ1) is 10.6. The largest absolute Gasteiger partial charge is 0.394 e. The van der Waals surface area contributed by atoms with Crippen LogP contribution in [0.4, 0.5) is 0 Å². The number of benzene rings is 2. The number of rotatable bonds is 5. The van der Waals surface area contributed by atoms with Gasteiger partial charge in [0.15, 0.2) is 0 Å². The number of nitrogens with two attached hydrogens (primary N) is 1. The molecule has 1 aliphatic rings. The molecule has 0 fully saturated rings. The molecule has 0 aliphatic heterocycles. The summed E-state index contributed by atoms with van der Waals surface area (Å²) in [4.78, 5) is 11.2. The zero-order valence-electron chi connectivity index (χ0n) is 12.4. The lowest BCUT2D eigenvalue weighted by atomic mass is 9.96. The van der Waals surface area contributed by atoms with E-state index in [2.05, 4.69) is 17.4 Å². The Labute approximate surface area is 130 Å². The van der Waals surface area contributed by atoms with Crippen LogP contribution in [0.3, 0.4) is 0 Å². The monoisotopic (exact) mass is 296 g/mol. The number of primary amides is 1. The van der Waals surface area contributed by atoms with Crippen LogP contribution in [0, 0.1) is 0 Å². The Morgan fingerprint density at radius 3 is 2.41 bits per heavy atom. The third-order valence-electron chi connectivity index (χ3n) is 4.36. The molecular weight excluding hydrogens is 276 g/mol. The van der Waals surface area contributed by atoms with Crippen LogP contribution in [0.1, 0.15) is 27.0 Å². The molecule has 4 nitrogen and oxygen atoms in total. The number of fused-ring (bicyclic) bond motifs is 1. The molecule has 22 heavy (non-hydrogen) atoms. The first-order valence-corrected chi connectivity index (χ1v) is 7.43. The van der Waals surface area contributed by atoms with Crippen molar-refractivity contribution in [1.29, 1.82) is 0 Å². The second-order valence-corrected chi connectivity index (χ2v) is 5.98. The Morgan fingerprint density at radius 2 is 1.82 bits per heavy atom. The van der Waals surface area contributed by atoms with Gasteiger partial charge < -0.3 is 16.2 Å². The second kappa shape index (κ2) is 5.91. The molecule has 0 saturated heterocycles. The van der Waals surface area contributed by atoms with Crippen LogP contribution in [0.15, 0.2) is 48.5 Å². The predicted octanol–water partition coefficient (Wildman–Crippen LogP) is 1.40. The minimum Gasteiger partial charge on any atom is -0.394 e. The van der Waals surface area contributed by atoms with Crippen LogP contribution in [0.25, 0.3) is 0 Å². The van der Waals surface area contributed by atoms with Gasteiger partial charge in [0.2, 0.25) is 5.91 Å². The number of hydrogen-bond donors (Lipinski definition) is 3. The van der Waals surface area contributed by atoms with E-state index >= 15 is 0 Å². The number of hydrogen-bond acceptors (Lipinski definition) is 3. The highest BCUT2D eigenvalue weighted by Crippen LogP contribution is 2.30. The lowest BCUT2D eigenvalue weighted by Crippen LogP contribution is -2.49. The highest BCUT2D eigenvalue weighted by molar-refractivity contribution is 5.92. The maximum Gasteiger partial charge on any atom is 0.248 e. The van der Waals surface area contributed by atoms with Gasteiger partial charge in [-0.15, -0.1) is 0 Å². The summed E-state index contributed by atoms with van der Waals surface area (Å²) in [6.07, 6.45) is 1.63. The van der Waals surface area contributed by atoms with Gasteiger partial charge in [0.05, 0.1) is 6.61 Å². The van der Waals surface area contributed by atoms with Crippen molar-refractivity contribution in [2.45, 2.75) is 24.9 Å². The third kappa shape index (κ3) is 2.89. The van der Waals surface area contributed by atoms with Gasteiger partial charge in [-0.2, -0.15) is 0 Å². The Bertz CT molecular complexity index is 672. The number of amides is 1.